The molecule has 1 amide bonds. The molecule has 0 aliphatic carbocycles. The van der Waals surface area contributed by atoms with E-state index in [1.807, 2.05) is 60.8 Å². The molecule has 27 heavy (non-hydrogen) atoms. The van der Waals surface area contributed by atoms with Crippen molar-refractivity contribution in [3.05, 3.63) is 82.0 Å². The van der Waals surface area contributed by atoms with Crippen molar-refractivity contribution in [1.82, 2.24) is 5.43 Å². The molecule has 0 fully saturated rings. The highest BCUT2D eigenvalue weighted by molar-refractivity contribution is 7.11. The number of ether oxygens (including phenoxy) is 2. The maximum absolute atomic E-state index is 11.8. The number of carbonyl (C=O) groups is 1. The third-order valence-corrected chi connectivity index (χ3v) is 4.67. The SMILES string of the molecule is Cc1ccsc1C=NNC(=O)COc1ccc(OCc2ccccc2)cc1. The molecule has 1 N–H and O–H groups in total. The number of hydrogen-bond acceptors (Lipinski definition) is 5. The van der Waals surface area contributed by atoms with Crippen molar-refractivity contribution in [3.8, 4) is 11.5 Å². The summed E-state index contributed by atoms with van der Waals surface area (Å²) in [6.45, 7) is 2.40. The van der Waals surface area contributed by atoms with Crippen LogP contribution in [0, 0.1) is 6.92 Å². The molecule has 6 heteroatoms. The Morgan fingerprint density at radius 3 is 2.41 bits per heavy atom. The highest BCUT2D eigenvalue weighted by Crippen LogP contribution is 2.18. The molecule has 138 valence electrons. The molecule has 0 radical (unpaired) electrons. The Kier molecular flexibility index (Phi) is 6.60. The van der Waals surface area contributed by atoms with Crippen LogP contribution in [0.5, 0.6) is 11.5 Å². The zero-order valence-electron chi connectivity index (χ0n) is 14.9. The van der Waals surface area contributed by atoms with Gasteiger partial charge in [-0.15, -0.1) is 11.3 Å². The first-order valence-corrected chi connectivity index (χ1v) is 9.34. The second kappa shape index (κ2) is 9.54. The smallest absolute Gasteiger partial charge is 0.277 e. The molecule has 0 aliphatic rings. The molecular formula is C21H20N2O3S. The van der Waals surface area contributed by atoms with Crippen LogP contribution in [0.15, 0.2) is 71.1 Å². The van der Waals surface area contributed by atoms with Gasteiger partial charge >= 0.3 is 0 Å². The maximum Gasteiger partial charge on any atom is 0.277 e. The molecule has 1 aromatic heterocycles. The number of hydrazone groups is 1. The van der Waals surface area contributed by atoms with Gasteiger partial charge < -0.3 is 9.47 Å². The van der Waals surface area contributed by atoms with E-state index in [1.54, 1.807) is 29.7 Å². The van der Waals surface area contributed by atoms with Crippen molar-refractivity contribution in [2.45, 2.75) is 13.5 Å². The minimum absolute atomic E-state index is 0.106. The van der Waals surface area contributed by atoms with Crippen LogP contribution in [-0.2, 0) is 11.4 Å². The Bertz CT molecular complexity index is 889. The first kappa shape index (κ1) is 18.7. The molecule has 1 heterocycles. The zero-order chi connectivity index (χ0) is 18.9. The number of amides is 1. The van der Waals surface area contributed by atoms with Crippen LogP contribution in [0.4, 0.5) is 0 Å². The third-order valence-electron chi connectivity index (χ3n) is 3.71. The van der Waals surface area contributed by atoms with E-state index >= 15 is 0 Å². The number of nitrogens with one attached hydrogen (secondary N) is 1. The number of benzene rings is 2. The van der Waals surface area contributed by atoms with E-state index in [-0.39, 0.29) is 12.5 Å². The lowest BCUT2D eigenvalue weighted by atomic mass is 10.2. The lowest BCUT2D eigenvalue weighted by Crippen LogP contribution is -2.24. The van der Waals surface area contributed by atoms with E-state index in [4.69, 9.17) is 9.47 Å². The summed E-state index contributed by atoms with van der Waals surface area (Å²) < 4.78 is 11.2. The van der Waals surface area contributed by atoms with Gasteiger partial charge in [0.25, 0.3) is 5.91 Å². The van der Waals surface area contributed by atoms with Crippen molar-refractivity contribution in [1.29, 1.82) is 0 Å². The maximum atomic E-state index is 11.8. The fraction of sp³-hybridized carbons (Fsp3) is 0.143. The van der Waals surface area contributed by atoms with Crippen molar-refractivity contribution in [2.24, 2.45) is 5.10 Å². The van der Waals surface area contributed by atoms with Crippen molar-refractivity contribution in [2.75, 3.05) is 6.61 Å². The summed E-state index contributed by atoms with van der Waals surface area (Å²) in [7, 11) is 0. The quantitative estimate of drug-likeness (QED) is 0.471. The van der Waals surface area contributed by atoms with E-state index < -0.39 is 0 Å². The summed E-state index contributed by atoms with van der Waals surface area (Å²) in [6.07, 6.45) is 1.64. The van der Waals surface area contributed by atoms with Gasteiger partial charge in [0.05, 0.1) is 6.21 Å². The number of thiophene rings is 1. The first-order chi connectivity index (χ1) is 13.2. The molecule has 0 spiro atoms. The standard InChI is InChI=1S/C21H20N2O3S/c1-16-11-12-27-20(16)13-22-23-21(24)15-26-19-9-7-18(8-10-19)25-14-17-5-3-2-4-6-17/h2-13H,14-15H2,1H3,(H,23,24). The molecule has 0 unspecified atom stereocenters. The number of carbonyl (C=O) groups excluding carboxylic acids is 1. The summed E-state index contributed by atoms with van der Waals surface area (Å²) in [6, 6.07) is 19.1. The zero-order valence-corrected chi connectivity index (χ0v) is 15.7. The molecule has 3 aromatic rings. The minimum atomic E-state index is -0.315. The summed E-state index contributed by atoms with van der Waals surface area (Å²) >= 11 is 1.57. The van der Waals surface area contributed by atoms with E-state index in [9.17, 15) is 4.79 Å². The average molecular weight is 380 g/mol. The van der Waals surface area contributed by atoms with E-state index in [0.717, 1.165) is 21.8 Å². The van der Waals surface area contributed by atoms with Gasteiger partial charge in [-0.1, -0.05) is 30.3 Å². The number of nitrogens with zero attached hydrogens (tertiary/aromatic N) is 1. The largest absolute Gasteiger partial charge is 0.489 e. The molecular weight excluding hydrogens is 360 g/mol. The van der Waals surface area contributed by atoms with Crippen molar-refractivity contribution < 1.29 is 14.3 Å². The predicted octanol–water partition coefficient (Wildman–Crippen LogP) is 4.16. The van der Waals surface area contributed by atoms with Gasteiger partial charge in [-0.25, -0.2) is 5.43 Å². The molecule has 0 aliphatic heterocycles. The fourth-order valence-electron chi connectivity index (χ4n) is 2.23. The van der Waals surface area contributed by atoms with Gasteiger partial charge in [0.15, 0.2) is 6.61 Å². The topological polar surface area (TPSA) is 59.9 Å². The highest BCUT2D eigenvalue weighted by Gasteiger charge is 2.03. The van der Waals surface area contributed by atoms with Crippen molar-refractivity contribution in [3.63, 3.8) is 0 Å². The number of hydrogen-bond donors (Lipinski definition) is 1. The first-order valence-electron chi connectivity index (χ1n) is 8.46. The number of rotatable bonds is 8. The Morgan fingerprint density at radius 1 is 1.04 bits per heavy atom. The Balaban J connectivity index is 1.41. The lowest BCUT2D eigenvalue weighted by Gasteiger charge is -2.08. The van der Waals surface area contributed by atoms with Crippen LogP contribution >= 0.6 is 11.3 Å². The summed E-state index contributed by atoms with van der Waals surface area (Å²) in [5.74, 6) is 1.02. The molecule has 0 bridgehead atoms. The van der Waals surface area contributed by atoms with Crippen LogP contribution in [-0.4, -0.2) is 18.7 Å². The lowest BCUT2D eigenvalue weighted by molar-refractivity contribution is -0.123. The van der Waals surface area contributed by atoms with E-state index in [0.29, 0.717) is 12.4 Å². The van der Waals surface area contributed by atoms with Gasteiger partial charge in [-0.05, 0) is 53.8 Å². The van der Waals surface area contributed by atoms with E-state index in [2.05, 4.69) is 10.5 Å². The fourth-order valence-corrected chi connectivity index (χ4v) is 3.02. The van der Waals surface area contributed by atoms with Crippen LogP contribution in [0.3, 0.4) is 0 Å². The normalized spacial score (nSPS) is 10.7. The minimum Gasteiger partial charge on any atom is -0.489 e. The van der Waals surface area contributed by atoms with Crippen molar-refractivity contribution >= 4 is 23.5 Å². The van der Waals surface area contributed by atoms with Crippen LogP contribution in [0.25, 0.3) is 0 Å². The van der Waals surface area contributed by atoms with Gasteiger partial charge in [-0.2, -0.15) is 5.10 Å². The molecule has 0 saturated carbocycles. The Labute approximate surface area is 162 Å². The van der Waals surface area contributed by atoms with E-state index in [1.165, 1.54) is 0 Å². The number of aryl methyl sites for hydroxylation is 1. The Morgan fingerprint density at radius 2 is 1.74 bits per heavy atom. The van der Waals surface area contributed by atoms with Gasteiger partial charge in [-0.3, -0.25) is 4.79 Å². The van der Waals surface area contributed by atoms with Gasteiger partial charge in [0.2, 0.25) is 0 Å². The summed E-state index contributed by atoms with van der Waals surface area (Å²) in [5, 5.41) is 5.92. The van der Waals surface area contributed by atoms with Crippen LogP contribution in [0.1, 0.15) is 16.0 Å². The summed E-state index contributed by atoms with van der Waals surface area (Å²) in [5.41, 5.74) is 4.69. The predicted molar refractivity (Wildman–Crippen MR) is 108 cm³/mol. The highest BCUT2D eigenvalue weighted by atomic mass is 32.1. The van der Waals surface area contributed by atoms with Crippen LogP contribution < -0.4 is 14.9 Å². The second-order valence-corrected chi connectivity index (χ2v) is 6.74. The molecule has 0 atom stereocenters. The molecule has 3 rings (SSSR count). The monoisotopic (exact) mass is 380 g/mol. The third kappa shape index (κ3) is 5.97. The molecule has 0 saturated heterocycles. The van der Waals surface area contributed by atoms with Crippen LogP contribution in [0.2, 0.25) is 0 Å². The van der Waals surface area contributed by atoms with Gasteiger partial charge in [0, 0.05) is 4.88 Å². The Hall–Kier alpha value is -3.12. The average Bonchev–Trinajstić information content (AvgIpc) is 3.11. The van der Waals surface area contributed by atoms with Gasteiger partial charge in [0.1, 0.15) is 18.1 Å². The molecule has 2 aromatic carbocycles. The summed E-state index contributed by atoms with van der Waals surface area (Å²) in [4.78, 5) is 12.8. The second-order valence-electron chi connectivity index (χ2n) is 5.80. The molecule has 5 nitrogen and oxygen atoms in total.